The van der Waals surface area contributed by atoms with Gasteiger partial charge in [0.05, 0.1) is 5.38 Å². The van der Waals surface area contributed by atoms with Gasteiger partial charge in [0.2, 0.25) is 0 Å². The van der Waals surface area contributed by atoms with Crippen LogP contribution in [0.15, 0.2) is 23.3 Å². The van der Waals surface area contributed by atoms with Crippen LogP contribution in [-0.4, -0.2) is 30.7 Å². The monoisotopic (exact) mass is 269 g/mol. The van der Waals surface area contributed by atoms with Crippen LogP contribution in [0.4, 0.5) is 0 Å². The Morgan fingerprint density at radius 3 is 2.67 bits per heavy atom. The molecule has 0 heterocycles. The van der Waals surface area contributed by atoms with Gasteiger partial charge in [0.25, 0.3) is 0 Å². The van der Waals surface area contributed by atoms with E-state index in [0.29, 0.717) is 5.92 Å². The van der Waals surface area contributed by atoms with E-state index < -0.39 is 0 Å². The predicted octanol–water partition coefficient (Wildman–Crippen LogP) is 3.27. The lowest BCUT2D eigenvalue weighted by molar-refractivity contribution is 0.0518. The quantitative estimate of drug-likeness (QED) is 0.774. The third-order valence-corrected chi connectivity index (χ3v) is 4.49. The first-order valence-electron chi connectivity index (χ1n) is 6.82. The molecule has 1 fully saturated rings. The van der Waals surface area contributed by atoms with Crippen molar-refractivity contribution in [2.75, 3.05) is 13.7 Å². The average molecular weight is 270 g/mol. The normalized spacial score (nSPS) is 32.4. The van der Waals surface area contributed by atoms with Crippen LogP contribution in [-0.2, 0) is 4.74 Å². The summed E-state index contributed by atoms with van der Waals surface area (Å²) in [7, 11) is 1.73. The number of alkyl halides is 1. The molecule has 3 heteroatoms. The molecule has 18 heavy (non-hydrogen) atoms. The molecule has 0 amide bonds. The molecule has 0 saturated heterocycles. The van der Waals surface area contributed by atoms with Crippen molar-refractivity contribution in [1.29, 1.82) is 0 Å². The van der Waals surface area contributed by atoms with E-state index in [1.165, 1.54) is 24.0 Å². The van der Waals surface area contributed by atoms with Crippen LogP contribution >= 0.6 is 11.6 Å². The van der Waals surface area contributed by atoms with Crippen LogP contribution in [0.2, 0.25) is 0 Å². The molecule has 0 radical (unpaired) electrons. The summed E-state index contributed by atoms with van der Waals surface area (Å²) < 4.78 is 5.58. The zero-order chi connectivity index (χ0) is 13.3. The van der Waals surface area contributed by atoms with Crippen molar-refractivity contribution in [3.8, 4) is 0 Å². The second-order valence-corrected chi connectivity index (χ2v) is 6.36. The van der Waals surface area contributed by atoms with Gasteiger partial charge in [-0.1, -0.05) is 19.9 Å². The highest BCUT2D eigenvalue weighted by Crippen LogP contribution is 2.35. The third kappa shape index (κ3) is 2.98. The van der Waals surface area contributed by atoms with Gasteiger partial charge < -0.3 is 10.1 Å². The predicted molar refractivity (Wildman–Crippen MR) is 77.1 cm³/mol. The zero-order valence-corrected chi connectivity index (χ0v) is 12.6. The van der Waals surface area contributed by atoms with E-state index in [9.17, 15) is 0 Å². The molecular formula is C15H24ClNO. The summed E-state index contributed by atoms with van der Waals surface area (Å²) in [4.78, 5) is 0. The zero-order valence-electron chi connectivity index (χ0n) is 11.8. The smallest absolute Gasteiger partial charge is 0.103 e. The first-order chi connectivity index (χ1) is 8.46. The molecule has 0 aromatic rings. The van der Waals surface area contributed by atoms with E-state index in [1.807, 2.05) is 0 Å². The summed E-state index contributed by atoms with van der Waals surface area (Å²) in [6.45, 7) is 7.43. The van der Waals surface area contributed by atoms with Gasteiger partial charge in [-0.05, 0) is 42.9 Å². The van der Waals surface area contributed by atoms with E-state index in [2.05, 4.69) is 38.2 Å². The van der Waals surface area contributed by atoms with Gasteiger partial charge in [0, 0.05) is 19.7 Å². The van der Waals surface area contributed by atoms with Crippen molar-refractivity contribution in [2.24, 2.45) is 5.92 Å². The Hall–Kier alpha value is -0.310. The molecule has 0 aliphatic heterocycles. The highest BCUT2D eigenvalue weighted by molar-refractivity contribution is 6.23. The van der Waals surface area contributed by atoms with E-state index in [-0.39, 0.29) is 11.0 Å². The summed E-state index contributed by atoms with van der Waals surface area (Å²) in [5.74, 6) is 0.496. The fourth-order valence-electron chi connectivity index (χ4n) is 2.33. The van der Waals surface area contributed by atoms with E-state index in [4.69, 9.17) is 16.3 Å². The topological polar surface area (TPSA) is 21.3 Å². The van der Waals surface area contributed by atoms with Crippen LogP contribution in [0.3, 0.4) is 0 Å². The van der Waals surface area contributed by atoms with Gasteiger partial charge >= 0.3 is 0 Å². The molecule has 0 aromatic heterocycles. The van der Waals surface area contributed by atoms with Crippen LogP contribution < -0.4 is 5.32 Å². The summed E-state index contributed by atoms with van der Waals surface area (Å²) in [5.41, 5.74) is 2.32. The van der Waals surface area contributed by atoms with E-state index in [1.54, 1.807) is 7.11 Å². The van der Waals surface area contributed by atoms with Crippen LogP contribution in [0.1, 0.15) is 33.6 Å². The number of halogens is 1. The van der Waals surface area contributed by atoms with Gasteiger partial charge in [0.15, 0.2) is 0 Å². The Balaban J connectivity index is 2.16. The summed E-state index contributed by atoms with van der Waals surface area (Å²) in [5, 5.41) is 3.47. The fraction of sp³-hybridized carbons (Fsp3) is 0.733. The number of hydrogen-bond donors (Lipinski definition) is 1. The van der Waals surface area contributed by atoms with Gasteiger partial charge in [0.1, 0.15) is 5.60 Å². The summed E-state index contributed by atoms with van der Waals surface area (Å²) in [6.07, 6.45) is 7.00. The minimum atomic E-state index is -0.385. The number of hydrogen-bond acceptors (Lipinski definition) is 2. The standard InChI is InChI=1S/C15H24ClNO/c1-10(2)13-8-15(3,18-4)14(16)7-11(13)9-17-12-5-6-12/h7-8,10,12,14,17H,5-6,9H2,1-4H3. The molecule has 2 atom stereocenters. The maximum Gasteiger partial charge on any atom is 0.103 e. The molecule has 2 unspecified atom stereocenters. The lowest BCUT2D eigenvalue weighted by atomic mass is 9.82. The maximum atomic E-state index is 6.45. The highest BCUT2D eigenvalue weighted by atomic mass is 35.5. The van der Waals surface area contributed by atoms with Gasteiger partial charge in [-0.2, -0.15) is 0 Å². The number of nitrogens with one attached hydrogen (secondary N) is 1. The van der Waals surface area contributed by atoms with Crippen molar-refractivity contribution in [3.63, 3.8) is 0 Å². The van der Waals surface area contributed by atoms with Crippen LogP contribution in [0.5, 0.6) is 0 Å². The van der Waals surface area contributed by atoms with E-state index >= 15 is 0 Å². The largest absolute Gasteiger partial charge is 0.373 e. The van der Waals surface area contributed by atoms with Crippen molar-refractivity contribution in [3.05, 3.63) is 23.3 Å². The molecule has 0 spiro atoms. The molecule has 0 aromatic carbocycles. The first-order valence-corrected chi connectivity index (χ1v) is 7.26. The average Bonchev–Trinajstić information content (AvgIpc) is 3.14. The van der Waals surface area contributed by atoms with Crippen molar-refractivity contribution < 1.29 is 4.74 Å². The molecule has 2 rings (SSSR count). The second kappa shape index (κ2) is 5.36. The minimum Gasteiger partial charge on any atom is -0.373 e. The second-order valence-electron chi connectivity index (χ2n) is 5.89. The lowest BCUT2D eigenvalue weighted by Gasteiger charge is -2.35. The Morgan fingerprint density at radius 2 is 2.17 bits per heavy atom. The van der Waals surface area contributed by atoms with Crippen molar-refractivity contribution in [1.82, 2.24) is 5.32 Å². The highest BCUT2D eigenvalue weighted by Gasteiger charge is 2.35. The first kappa shape index (κ1) is 14.1. The SMILES string of the molecule is COC1(C)C=C(C(C)C)C(CNC2CC2)=CC1Cl. The number of rotatable bonds is 5. The summed E-state index contributed by atoms with van der Waals surface area (Å²) in [6, 6.07) is 0.726. The molecule has 1 N–H and O–H groups in total. The maximum absolute atomic E-state index is 6.45. The van der Waals surface area contributed by atoms with Gasteiger partial charge in [-0.25, -0.2) is 0 Å². The van der Waals surface area contributed by atoms with Crippen molar-refractivity contribution in [2.45, 2.75) is 50.6 Å². The fourth-order valence-corrected chi connectivity index (χ4v) is 2.64. The van der Waals surface area contributed by atoms with Crippen LogP contribution in [0, 0.1) is 5.92 Å². The van der Waals surface area contributed by atoms with Gasteiger partial charge in [-0.15, -0.1) is 11.6 Å². The number of ether oxygens (including phenoxy) is 1. The molecule has 1 saturated carbocycles. The van der Waals surface area contributed by atoms with Gasteiger partial charge in [-0.3, -0.25) is 0 Å². The molecule has 2 aliphatic rings. The molecule has 0 bridgehead atoms. The van der Waals surface area contributed by atoms with Crippen LogP contribution in [0.25, 0.3) is 0 Å². The Labute approximate surface area is 115 Å². The Kier molecular flexibility index (Phi) is 4.20. The van der Waals surface area contributed by atoms with Crippen molar-refractivity contribution >= 4 is 11.6 Å². The molecule has 2 nitrogen and oxygen atoms in total. The molecule has 102 valence electrons. The van der Waals surface area contributed by atoms with E-state index in [0.717, 1.165) is 12.6 Å². The molecule has 2 aliphatic carbocycles. The Bertz CT molecular complexity index is 371. The molecular weight excluding hydrogens is 246 g/mol. The third-order valence-electron chi connectivity index (χ3n) is 3.93. The summed E-state index contributed by atoms with van der Waals surface area (Å²) >= 11 is 6.45. The number of methoxy groups -OCH3 is 1. The minimum absolute atomic E-state index is 0.0963. The Morgan fingerprint density at radius 1 is 1.50 bits per heavy atom. The lowest BCUT2D eigenvalue weighted by Crippen LogP contribution is -2.39.